The number of benzene rings is 2. The van der Waals surface area contributed by atoms with Crippen LogP contribution in [0.25, 0.3) is 0 Å². The Morgan fingerprint density at radius 1 is 1.06 bits per heavy atom. The van der Waals surface area contributed by atoms with Gasteiger partial charge < -0.3 is 9.73 Å². The Morgan fingerprint density at radius 3 is 2.56 bits per heavy atom. The number of halogens is 1. The average molecular weight is 433 g/mol. The molecule has 0 saturated carbocycles. The van der Waals surface area contributed by atoms with Gasteiger partial charge in [0.2, 0.25) is 0 Å². The van der Waals surface area contributed by atoms with Crippen molar-refractivity contribution in [1.82, 2.24) is 5.43 Å². The Balaban J connectivity index is 1.57. The number of carbonyl (C=O) groups excluding carboxylic acids is 2. The van der Waals surface area contributed by atoms with Crippen LogP contribution in [-0.4, -0.2) is 17.5 Å². The summed E-state index contributed by atoms with van der Waals surface area (Å²) in [4.78, 5) is 25.3. The van der Waals surface area contributed by atoms with E-state index in [1.807, 2.05) is 38.1 Å². The summed E-state index contributed by atoms with van der Waals surface area (Å²) in [5.74, 6) is -0.212. The van der Waals surface area contributed by atoms with Crippen molar-refractivity contribution < 1.29 is 18.4 Å². The van der Waals surface area contributed by atoms with Gasteiger partial charge in [-0.1, -0.05) is 25.1 Å². The van der Waals surface area contributed by atoms with E-state index < -0.39 is 11.7 Å². The van der Waals surface area contributed by atoms with Gasteiger partial charge in [0.05, 0.1) is 5.71 Å². The third-order valence-corrected chi connectivity index (χ3v) is 5.58. The lowest BCUT2D eigenvalue weighted by molar-refractivity contribution is 0.0953. The van der Waals surface area contributed by atoms with Crippen LogP contribution < -0.4 is 10.7 Å². The van der Waals surface area contributed by atoms with Crippen LogP contribution in [0.5, 0.6) is 0 Å². The van der Waals surface area contributed by atoms with Crippen LogP contribution in [0.4, 0.5) is 10.1 Å². The molecule has 1 aliphatic rings. The topological polar surface area (TPSA) is 83.7 Å². The number of para-hydroxylation sites is 1. The van der Waals surface area contributed by atoms with Crippen molar-refractivity contribution in [2.24, 2.45) is 5.10 Å². The average Bonchev–Trinajstić information content (AvgIpc) is 3.15. The quantitative estimate of drug-likeness (QED) is 0.555. The molecule has 0 bridgehead atoms. The summed E-state index contributed by atoms with van der Waals surface area (Å²) < 4.78 is 19.0. The number of hydrazone groups is 1. The van der Waals surface area contributed by atoms with Crippen LogP contribution in [0.15, 0.2) is 58.0 Å². The van der Waals surface area contributed by atoms with E-state index in [0.717, 1.165) is 29.7 Å². The molecule has 2 aromatic carbocycles. The predicted octanol–water partition coefficient (Wildman–Crippen LogP) is 5.01. The Morgan fingerprint density at radius 2 is 1.81 bits per heavy atom. The smallest absolute Gasteiger partial charge is 0.291 e. The second-order valence-corrected chi connectivity index (χ2v) is 7.68. The van der Waals surface area contributed by atoms with Gasteiger partial charge in [0, 0.05) is 28.8 Å². The van der Waals surface area contributed by atoms with E-state index in [-0.39, 0.29) is 11.7 Å². The minimum Gasteiger partial charge on any atom is -0.455 e. The molecule has 2 amide bonds. The van der Waals surface area contributed by atoms with Gasteiger partial charge in [0.15, 0.2) is 5.76 Å². The Hall–Kier alpha value is -3.74. The highest BCUT2D eigenvalue weighted by Crippen LogP contribution is 2.30. The molecule has 1 aliphatic carbocycles. The molecule has 32 heavy (non-hydrogen) atoms. The summed E-state index contributed by atoms with van der Waals surface area (Å²) in [5.41, 5.74) is 6.77. The number of carbonyl (C=O) groups is 2. The van der Waals surface area contributed by atoms with Crippen molar-refractivity contribution >= 4 is 23.2 Å². The van der Waals surface area contributed by atoms with Gasteiger partial charge >= 0.3 is 0 Å². The first kappa shape index (κ1) is 21.5. The van der Waals surface area contributed by atoms with Crippen LogP contribution >= 0.6 is 0 Å². The second kappa shape index (κ2) is 9.18. The van der Waals surface area contributed by atoms with Crippen molar-refractivity contribution in [2.45, 2.75) is 39.5 Å². The van der Waals surface area contributed by atoms with Crippen molar-refractivity contribution in [3.05, 3.63) is 88.1 Å². The summed E-state index contributed by atoms with van der Waals surface area (Å²) in [6.07, 6.45) is 2.94. The molecule has 0 unspecified atom stereocenters. The molecule has 0 radical (unpaired) electrons. The van der Waals surface area contributed by atoms with Gasteiger partial charge in [-0.05, 0) is 62.1 Å². The lowest BCUT2D eigenvalue weighted by atomic mass is 9.93. The summed E-state index contributed by atoms with van der Waals surface area (Å²) in [6.45, 7) is 3.86. The van der Waals surface area contributed by atoms with Crippen LogP contribution in [0, 0.1) is 12.7 Å². The van der Waals surface area contributed by atoms with Gasteiger partial charge in [-0.15, -0.1) is 0 Å². The number of furan rings is 1. The van der Waals surface area contributed by atoms with E-state index >= 15 is 0 Å². The molecule has 4 rings (SSSR count). The van der Waals surface area contributed by atoms with E-state index in [9.17, 15) is 14.0 Å². The molecule has 3 aromatic rings. The maximum absolute atomic E-state index is 13.1. The van der Waals surface area contributed by atoms with E-state index in [4.69, 9.17) is 4.42 Å². The van der Waals surface area contributed by atoms with Gasteiger partial charge in [-0.3, -0.25) is 9.59 Å². The van der Waals surface area contributed by atoms with E-state index in [2.05, 4.69) is 15.8 Å². The molecule has 0 spiro atoms. The summed E-state index contributed by atoms with van der Waals surface area (Å²) >= 11 is 0. The first-order valence-corrected chi connectivity index (χ1v) is 10.6. The maximum atomic E-state index is 13.1. The maximum Gasteiger partial charge on any atom is 0.291 e. The monoisotopic (exact) mass is 433 g/mol. The highest BCUT2D eigenvalue weighted by molar-refractivity contribution is 6.09. The highest BCUT2D eigenvalue weighted by Gasteiger charge is 2.28. The highest BCUT2D eigenvalue weighted by atomic mass is 19.1. The molecule has 164 valence electrons. The molecule has 2 N–H and O–H groups in total. The molecule has 1 aromatic heterocycles. The summed E-state index contributed by atoms with van der Waals surface area (Å²) in [7, 11) is 0. The number of nitrogens with one attached hydrogen (secondary N) is 2. The first-order chi connectivity index (χ1) is 15.5. The number of hydrogen-bond acceptors (Lipinski definition) is 4. The van der Waals surface area contributed by atoms with E-state index in [1.54, 1.807) is 0 Å². The molecular weight excluding hydrogens is 409 g/mol. The standard InChI is InChI=1S/C25H24FN3O3/c1-3-16-7-4-5-8-19(16)27-25(31)23-15(2)22-20(9-6-10-21(22)32-23)28-29-24(30)17-11-13-18(26)14-12-17/h4-5,7-8,11-14H,3,6,9-10H2,1-2H3,(H,27,31)(H,29,30)/b28-20+. The van der Waals surface area contributed by atoms with E-state index in [0.29, 0.717) is 35.4 Å². The van der Waals surface area contributed by atoms with Gasteiger partial charge in [-0.25, -0.2) is 9.82 Å². The molecule has 7 heteroatoms. The van der Waals surface area contributed by atoms with Gasteiger partial charge in [0.25, 0.3) is 11.8 Å². The van der Waals surface area contributed by atoms with Crippen LogP contribution in [0.1, 0.15) is 63.1 Å². The summed E-state index contributed by atoms with van der Waals surface area (Å²) in [5, 5.41) is 7.25. The third kappa shape index (κ3) is 4.32. The fourth-order valence-corrected chi connectivity index (χ4v) is 3.91. The molecule has 1 heterocycles. The SMILES string of the molecule is CCc1ccccc1NC(=O)c1oc2c(c1C)/C(=N/NC(=O)c1ccc(F)cc1)CCC2. The fraction of sp³-hybridized carbons (Fsp3) is 0.240. The number of anilines is 1. The van der Waals surface area contributed by atoms with Gasteiger partial charge in [-0.2, -0.15) is 5.10 Å². The Kier molecular flexibility index (Phi) is 6.16. The lowest BCUT2D eigenvalue weighted by Crippen LogP contribution is -2.22. The normalized spacial score (nSPS) is 14.2. The molecule has 6 nitrogen and oxygen atoms in total. The number of nitrogens with zero attached hydrogens (tertiary/aromatic N) is 1. The van der Waals surface area contributed by atoms with Crippen molar-refractivity contribution in [1.29, 1.82) is 0 Å². The molecule has 0 saturated heterocycles. The van der Waals surface area contributed by atoms with Crippen molar-refractivity contribution in [2.75, 3.05) is 5.32 Å². The Labute approximate surface area is 185 Å². The number of fused-ring (bicyclic) bond motifs is 1. The number of amides is 2. The zero-order chi connectivity index (χ0) is 22.7. The van der Waals surface area contributed by atoms with Crippen molar-refractivity contribution in [3.8, 4) is 0 Å². The second-order valence-electron chi connectivity index (χ2n) is 7.68. The predicted molar refractivity (Wildman–Crippen MR) is 121 cm³/mol. The number of hydrogen-bond donors (Lipinski definition) is 2. The molecule has 0 fully saturated rings. The zero-order valence-electron chi connectivity index (χ0n) is 18.0. The minimum atomic E-state index is -0.431. The van der Waals surface area contributed by atoms with Gasteiger partial charge in [0.1, 0.15) is 11.6 Å². The molecule has 0 atom stereocenters. The fourth-order valence-electron chi connectivity index (χ4n) is 3.91. The van der Waals surface area contributed by atoms with Crippen LogP contribution in [-0.2, 0) is 12.8 Å². The Bertz CT molecular complexity index is 1200. The largest absolute Gasteiger partial charge is 0.455 e. The minimum absolute atomic E-state index is 0.250. The van der Waals surface area contributed by atoms with E-state index in [1.165, 1.54) is 24.3 Å². The number of rotatable bonds is 5. The third-order valence-electron chi connectivity index (χ3n) is 5.58. The molecule has 0 aliphatic heterocycles. The van der Waals surface area contributed by atoms with Crippen molar-refractivity contribution in [3.63, 3.8) is 0 Å². The number of aryl methyl sites for hydroxylation is 2. The molecular formula is C25H24FN3O3. The van der Waals surface area contributed by atoms with Crippen LogP contribution in [0.2, 0.25) is 0 Å². The zero-order valence-corrected chi connectivity index (χ0v) is 18.0. The first-order valence-electron chi connectivity index (χ1n) is 10.6. The van der Waals surface area contributed by atoms with Crippen LogP contribution in [0.3, 0.4) is 0 Å². The lowest BCUT2D eigenvalue weighted by Gasteiger charge is -2.13. The summed E-state index contributed by atoms with van der Waals surface area (Å²) in [6, 6.07) is 12.9.